The molecular weight excluding hydrogens is 336 g/mol. The first-order valence-electron chi connectivity index (χ1n) is 9.56. The van der Waals surface area contributed by atoms with E-state index in [9.17, 15) is 9.59 Å². The summed E-state index contributed by atoms with van der Waals surface area (Å²) in [6.07, 6.45) is -0.370. The molecule has 2 fully saturated rings. The Bertz CT molecular complexity index is 417. The lowest BCUT2D eigenvalue weighted by Gasteiger charge is -2.32. The summed E-state index contributed by atoms with van der Waals surface area (Å²) in [5.74, 6) is 0.409. The average Bonchev–Trinajstić information content (AvgIpc) is 2.61. The number of hydrogen-bond donors (Lipinski definition) is 1. The van der Waals surface area contributed by atoms with Crippen molar-refractivity contribution in [3.05, 3.63) is 0 Å². The molecule has 0 unspecified atom stereocenters. The number of ether oxygens (including phenoxy) is 2. The zero-order chi connectivity index (χ0) is 19.5. The standard InChI is InChI=1S/2C9H18N2O2/c1-8(2)13-9(12)11-6-4-10(3)5-7-11;1-8(2)7-13-9(12)11-5-3-10-4-6-11/h8H,4-7H2,1-3H3;8,10H,3-7H2,1-2H3. The smallest absolute Gasteiger partial charge is 0.410 e. The van der Waals surface area contributed by atoms with Crippen LogP contribution in [0.5, 0.6) is 0 Å². The van der Waals surface area contributed by atoms with E-state index >= 15 is 0 Å². The molecule has 2 saturated heterocycles. The van der Waals surface area contributed by atoms with Gasteiger partial charge in [-0.3, -0.25) is 0 Å². The fourth-order valence-corrected chi connectivity index (χ4v) is 2.44. The molecule has 0 saturated carbocycles. The number of hydrogen-bond acceptors (Lipinski definition) is 6. The molecule has 0 aromatic carbocycles. The van der Waals surface area contributed by atoms with E-state index in [0.29, 0.717) is 12.5 Å². The van der Waals surface area contributed by atoms with Crippen LogP contribution in [0.1, 0.15) is 27.7 Å². The lowest BCUT2D eigenvalue weighted by molar-refractivity contribution is 0.0612. The zero-order valence-corrected chi connectivity index (χ0v) is 17.0. The second-order valence-electron chi connectivity index (χ2n) is 7.43. The Morgan fingerprint density at radius 2 is 1.42 bits per heavy atom. The Kier molecular flexibility index (Phi) is 10.3. The number of piperazine rings is 2. The number of carbonyl (C=O) groups is 2. The van der Waals surface area contributed by atoms with Gasteiger partial charge in [0, 0.05) is 52.4 Å². The summed E-state index contributed by atoms with van der Waals surface area (Å²) < 4.78 is 10.2. The Labute approximate surface area is 157 Å². The van der Waals surface area contributed by atoms with Gasteiger partial charge < -0.3 is 29.5 Å². The third-order valence-electron chi connectivity index (χ3n) is 4.01. The van der Waals surface area contributed by atoms with Gasteiger partial charge in [0.2, 0.25) is 0 Å². The second kappa shape index (κ2) is 12.0. The van der Waals surface area contributed by atoms with Gasteiger partial charge in [0.05, 0.1) is 12.7 Å². The minimum absolute atomic E-state index is 0.0212. The van der Waals surface area contributed by atoms with Crippen LogP contribution >= 0.6 is 0 Å². The third kappa shape index (κ3) is 9.24. The Balaban J connectivity index is 0.000000260. The van der Waals surface area contributed by atoms with E-state index in [-0.39, 0.29) is 18.3 Å². The van der Waals surface area contributed by atoms with Crippen LogP contribution in [0.25, 0.3) is 0 Å². The predicted octanol–water partition coefficient (Wildman–Crippen LogP) is 1.46. The summed E-state index contributed by atoms with van der Waals surface area (Å²) in [6, 6.07) is 0. The molecule has 0 spiro atoms. The first-order chi connectivity index (χ1) is 12.3. The number of amides is 2. The van der Waals surface area contributed by atoms with Crippen molar-refractivity contribution in [1.29, 1.82) is 0 Å². The Morgan fingerprint density at radius 3 is 1.92 bits per heavy atom. The quantitative estimate of drug-likeness (QED) is 0.809. The molecule has 2 rings (SSSR count). The minimum Gasteiger partial charge on any atom is -0.449 e. The summed E-state index contributed by atoms with van der Waals surface area (Å²) >= 11 is 0. The molecule has 0 bridgehead atoms. The van der Waals surface area contributed by atoms with Gasteiger partial charge in [0.1, 0.15) is 0 Å². The van der Waals surface area contributed by atoms with Gasteiger partial charge >= 0.3 is 12.2 Å². The first kappa shape index (κ1) is 22.5. The highest BCUT2D eigenvalue weighted by Crippen LogP contribution is 2.03. The van der Waals surface area contributed by atoms with Crippen molar-refractivity contribution in [1.82, 2.24) is 20.0 Å². The minimum atomic E-state index is -0.178. The third-order valence-corrected chi connectivity index (χ3v) is 4.01. The van der Waals surface area contributed by atoms with Gasteiger partial charge in [-0.05, 0) is 26.8 Å². The van der Waals surface area contributed by atoms with Crippen molar-refractivity contribution in [2.45, 2.75) is 33.8 Å². The van der Waals surface area contributed by atoms with Crippen LogP contribution in [-0.4, -0.2) is 99.0 Å². The SMILES string of the molecule is CC(C)COC(=O)N1CCNCC1.CC(C)OC(=O)N1CCN(C)CC1. The van der Waals surface area contributed by atoms with E-state index < -0.39 is 0 Å². The summed E-state index contributed by atoms with van der Waals surface area (Å²) in [5, 5.41) is 3.19. The number of nitrogens with zero attached hydrogens (tertiary/aromatic N) is 3. The van der Waals surface area contributed by atoms with E-state index in [1.807, 2.05) is 27.7 Å². The normalized spacial score (nSPS) is 18.4. The van der Waals surface area contributed by atoms with Gasteiger partial charge in [0.25, 0.3) is 0 Å². The van der Waals surface area contributed by atoms with Crippen LogP contribution in [0.3, 0.4) is 0 Å². The van der Waals surface area contributed by atoms with Gasteiger partial charge in [-0.15, -0.1) is 0 Å². The molecule has 2 aliphatic rings. The highest BCUT2D eigenvalue weighted by molar-refractivity contribution is 5.68. The van der Waals surface area contributed by atoms with Crippen molar-refractivity contribution in [3.8, 4) is 0 Å². The van der Waals surface area contributed by atoms with Crippen LogP contribution < -0.4 is 5.32 Å². The summed E-state index contributed by atoms with van der Waals surface area (Å²) in [4.78, 5) is 28.5. The second-order valence-corrected chi connectivity index (χ2v) is 7.43. The average molecular weight is 373 g/mol. The number of rotatable bonds is 3. The van der Waals surface area contributed by atoms with Crippen molar-refractivity contribution in [2.75, 3.05) is 66.0 Å². The molecule has 2 amide bonds. The topological polar surface area (TPSA) is 74.3 Å². The molecule has 2 heterocycles. The van der Waals surface area contributed by atoms with E-state index in [0.717, 1.165) is 52.4 Å². The molecule has 0 radical (unpaired) electrons. The first-order valence-corrected chi connectivity index (χ1v) is 9.56. The predicted molar refractivity (Wildman–Crippen MR) is 101 cm³/mol. The Hall–Kier alpha value is -1.54. The monoisotopic (exact) mass is 372 g/mol. The van der Waals surface area contributed by atoms with Gasteiger partial charge in [0.15, 0.2) is 0 Å². The summed E-state index contributed by atoms with van der Waals surface area (Å²) in [7, 11) is 2.06. The van der Waals surface area contributed by atoms with Crippen molar-refractivity contribution in [2.24, 2.45) is 5.92 Å². The molecule has 2 aliphatic heterocycles. The highest BCUT2D eigenvalue weighted by atomic mass is 16.6. The van der Waals surface area contributed by atoms with Crippen molar-refractivity contribution >= 4 is 12.2 Å². The van der Waals surface area contributed by atoms with E-state index in [1.165, 1.54) is 0 Å². The maximum absolute atomic E-state index is 11.4. The number of nitrogens with one attached hydrogen (secondary N) is 1. The lowest BCUT2D eigenvalue weighted by Crippen LogP contribution is -2.47. The van der Waals surface area contributed by atoms with Crippen LogP contribution in [0, 0.1) is 5.92 Å². The molecule has 8 heteroatoms. The zero-order valence-electron chi connectivity index (χ0n) is 17.0. The van der Waals surface area contributed by atoms with Crippen LogP contribution in [0.2, 0.25) is 0 Å². The largest absolute Gasteiger partial charge is 0.449 e. The van der Waals surface area contributed by atoms with E-state index in [4.69, 9.17) is 9.47 Å². The van der Waals surface area contributed by atoms with Gasteiger partial charge in [-0.2, -0.15) is 0 Å². The molecule has 0 aromatic heterocycles. The van der Waals surface area contributed by atoms with E-state index in [2.05, 4.69) is 17.3 Å². The molecule has 152 valence electrons. The van der Waals surface area contributed by atoms with Crippen LogP contribution in [0.15, 0.2) is 0 Å². The molecule has 0 atom stereocenters. The van der Waals surface area contributed by atoms with Gasteiger partial charge in [-0.25, -0.2) is 9.59 Å². The lowest BCUT2D eigenvalue weighted by atomic mass is 10.2. The molecule has 26 heavy (non-hydrogen) atoms. The van der Waals surface area contributed by atoms with Gasteiger partial charge in [-0.1, -0.05) is 13.8 Å². The highest BCUT2D eigenvalue weighted by Gasteiger charge is 2.20. The summed E-state index contributed by atoms with van der Waals surface area (Å²) in [6.45, 7) is 15.0. The van der Waals surface area contributed by atoms with Crippen LogP contribution in [-0.2, 0) is 9.47 Å². The maximum atomic E-state index is 11.4. The fraction of sp³-hybridized carbons (Fsp3) is 0.889. The summed E-state index contributed by atoms with van der Waals surface area (Å²) in [5.41, 5.74) is 0. The van der Waals surface area contributed by atoms with E-state index in [1.54, 1.807) is 9.80 Å². The molecule has 8 nitrogen and oxygen atoms in total. The Morgan fingerprint density at radius 1 is 0.885 bits per heavy atom. The van der Waals surface area contributed by atoms with Crippen LogP contribution in [0.4, 0.5) is 9.59 Å². The molecule has 0 aromatic rings. The molecule has 0 aliphatic carbocycles. The fourth-order valence-electron chi connectivity index (χ4n) is 2.44. The molecular formula is C18H36N4O4. The van der Waals surface area contributed by atoms with Crippen molar-refractivity contribution in [3.63, 3.8) is 0 Å². The number of likely N-dealkylation sites (N-methyl/N-ethyl adjacent to an activating group) is 1. The van der Waals surface area contributed by atoms with Crippen molar-refractivity contribution < 1.29 is 19.1 Å². The maximum Gasteiger partial charge on any atom is 0.410 e. The molecule has 1 N–H and O–H groups in total. The number of carbonyl (C=O) groups excluding carboxylic acids is 2.